The predicted octanol–water partition coefficient (Wildman–Crippen LogP) is 2.98. The van der Waals surface area contributed by atoms with Gasteiger partial charge in [-0.05, 0) is 42.5 Å². The molecule has 1 saturated heterocycles. The first-order valence-electron chi connectivity index (χ1n) is 10.8. The molecule has 3 aromatic rings. The van der Waals surface area contributed by atoms with Gasteiger partial charge in [-0.1, -0.05) is 12.1 Å². The van der Waals surface area contributed by atoms with Crippen molar-refractivity contribution in [3.05, 3.63) is 66.4 Å². The van der Waals surface area contributed by atoms with Crippen LogP contribution >= 0.6 is 0 Å². The highest BCUT2D eigenvalue weighted by molar-refractivity contribution is 5.94. The Balaban J connectivity index is 1.43. The van der Waals surface area contributed by atoms with Crippen LogP contribution in [0.4, 0.5) is 17.3 Å². The zero-order chi connectivity index (χ0) is 23.3. The summed E-state index contributed by atoms with van der Waals surface area (Å²) in [5, 5.41) is 14.0. The Morgan fingerprint density at radius 1 is 1.13 bits per heavy atom. The highest BCUT2D eigenvalue weighted by Crippen LogP contribution is 2.22. The summed E-state index contributed by atoms with van der Waals surface area (Å²) in [4.78, 5) is 23.2. The van der Waals surface area contributed by atoms with E-state index in [1.165, 1.54) is 6.07 Å². The second-order valence-corrected chi connectivity index (χ2v) is 6.81. The molecule has 1 aliphatic rings. The Labute approximate surface area is 183 Å². The van der Waals surface area contributed by atoms with Crippen LogP contribution in [0.3, 0.4) is 0 Å². The van der Waals surface area contributed by atoms with Crippen LogP contribution in [0.2, 0.25) is 0 Å². The van der Waals surface area contributed by atoms with Crippen LogP contribution in [-0.2, 0) is 4.74 Å². The number of rotatable bonds is 6. The van der Waals surface area contributed by atoms with Gasteiger partial charge in [-0.25, -0.2) is 9.97 Å². The number of hydrogen-bond donors (Lipinski definition) is 2. The molecule has 8 nitrogen and oxygen atoms in total. The van der Waals surface area contributed by atoms with Crippen molar-refractivity contribution in [1.82, 2.24) is 15.3 Å². The van der Waals surface area contributed by atoms with E-state index in [1.807, 2.05) is 17.4 Å². The van der Waals surface area contributed by atoms with Crippen molar-refractivity contribution in [3.8, 4) is 17.3 Å². The number of nitrogens with one attached hydrogen (secondary N) is 2. The van der Waals surface area contributed by atoms with Gasteiger partial charge in [0.25, 0.3) is 5.91 Å². The van der Waals surface area contributed by atoms with Crippen molar-refractivity contribution < 1.29 is 12.3 Å². The minimum absolute atomic E-state index is 0.241. The van der Waals surface area contributed by atoms with Crippen molar-refractivity contribution in [3.63, 3.8) is 0 Å². The Morgan fingerprint density at radius 3 is 2.58 bits per heavy atom. The molecule has 0 unspecified atom stereocenters. The number of nitriles is 1. The number of nitrogens with zero attached hydrogens (tertiary/aromatic N) is 4. The molecular formula is C23H22N6O2. The second-order valence-electron chi connectivity index (χ2n) is 6.81. The van der Waals surface area contributed by atoms with Crippen LogP contribution in [-0.4, -0.2) is 48.7 Å². The molecule has 0 bridgehead atoms. The van der Waals surface area contributed by atoms with E-state index >= 15 is 0 Å². The lowest BCUT2D eigenvalue weighted by Crippen LogP contribution is -2.36. The topological polar surface area (TPSA) is 103 Å². The number of aromatic nitrogens is 2. The van der Waals surface area contributed by atoms with Gasteiger partial charge in [0.05, 0.1) is 27.7 Å². The number of anilines is 3. The first kappa shape index (κ1) is 17.9. The van der Waals surface area contributed by atoms with E-state index in [9.17, 15) is 4.79 Å². The molecule has 156 valence electrons. The Bertz CT molecular complexity index is 1160. The van der Waals surface area contributed by atoms with E-state index in [0.717, 1.165) is 43.2 Å². The summed E-state index contributed by atoms with van der Waals surface area (Å²) in [6, 6.07) is 17.7. The lowest BCUT2D eigenvalue weighted by molar-refractivity contribution is 0.0958. The fourth-order valence-electron chi connectivity index (χ4n) is 3.24. The van der Waals surface area contributed by atoms with E-state index in [1.54, 1.807) is 36.5 Å². The van der Waals surface area contributed by atoms with Crippen molar-refractivity contribution in [2.75, 3.05) is 43.0 Å². The van der Waals surface area contributed by atoms with E-state index in [4.69, 9.17) is 12.7 Å². The minimum Gasteiger partial charge on any atom is -0.378 e. The zero-order valence-electron chi connectivity index (χ0n) is 18.7. The van der Waals surface area contributed by atoms with Crippen LogP contribution in [0.1, 0.15) is 13.1 Å². The van der Waals surface area contributed by atoms with Gasteiger partial charge in [0.15, 0.2) is 0 Å². The lowest BCUT2D eigenvalue weighted by Gasteiger charge is -2.28. The van der Waals surface area contributed by atoms with E-state index < -0.39 is 12.4 Å². The maximum Gasteiger partial charge on any atom is 0.252 e. The molecule has 31 heavy (non-hydrogen) atoms. The molecule has 8 heteroatoms. The fraction of sp³-hybridized carbons (Fsp3) is 0.217. The van der Waals surface area contributed by atoms with Gasteiger partial charge in [-0.15, -0.1) is 0 Å². The average molecular weight is 416 g/mol. The molecule has 2 N–H and O–H groups in total. The van der Waals surface area contributed by atoms with E-state index in [0.29, 0.717) is 11.6 Å². The van der Waals surface area contributed by atoms with Crippen LogP contribution in [0.25, 0.3) is 11.3 Å². The van der Waals surface area contributed by atoms with Crippen molar-refractivity contribution in [2.24, 2.45) is 0 Å². The zero-order valence-corrected chi connectivity index (χ0v) is 16.7. The molecule has 1 amide bonds. The molecular weight excluding hydrogens is 392 g/mol. The molecule has 1 aromatic heterocycles. The molecule has 4 rings (SSSR count). The summed E-state index contributed by atoms with van der Waals surface area (Å²) < 4.78 is 20.1. The first-order valence-corrected chi connectivity index (χ1v) is 9.80. The van der Waals surface area contributed by atoms with Gasteiger partial charge >= 0.3 is 0 Å². The molecule has 0 aliphatic carbocycles. The maximum atomic E-state index is 12.1. The van der Waals surface area contributed by atoms with Crippen LogP contribution in [0, 0.1) is 11.3 Å². The molecule has 0 spiro atoms. The quantitative estimate of drug-likeness (QED) is 0.596. The molecule has 0 radical (unpaired) electrons. The summed E-state index contributed by atoms with van der Waals surface area (Å²) in [6.45, 7) is 0.805. The summed E-state index contributed by atoms with van der Waals surface area (Å²) in [6.07, 6.45) is 1.65. The van der Waals surface area contributed by atoms with Gasteiger partial charge in [-0.3, -0.25) is 4.79 Å². The first-order chi connectivity index (χ1) is 15.9. The number of amides is 1. The SMILES string of the molecule is [2H]C([2H])(C#N)NC(=O)c1ccc(-c2ccnc(Nc3ccc(N4CCOCC4)cc3)n2)cc1. The summed E-state index contributed by atoms with van der Waals surface area (Å²) >= 11 is 0. The number of hydrogen-bond acceptors (Lipinski definition) is 7. The summed E-state index contributed by atoms with van der Waals surface area (Å²) in [5.74, 6) is -0.227. The minimum atomic E-state index is -2.43. The van der Waals surface area contributed by atoms with Gasteiger partial charge in [0.2, 0.25) is 5.95 Å². The summed E-state index contributed by atoms with van der Waals surface area (Å²) in [7, 11) is 0. The van der Waals surface area contributed by atoms with Crippen LogP contribution < -0.4 is 15.5 Å². The number of ether oxygens (including phenoxy) is 1. The number of carbonyl (C=O) groups excluding carboxylic acids is 1. The molecule has 2 aromatic carbocycles. The van der Waals surface area contributed by atoms with Crippen LogP contribution in [0.15, 0.2) is 60.8 Å². The number of morpholine rings is 1. The van der Waals surface area contributed by atoms with Gasteiger partial charge in [0.1, 0.15) is 6.50 Å². The largest absolute Gasteiger partial charge is 0.378 e. The molecule has 1 aliphatic heterocycles. The highest BCUT2D eigenvalue weighted by Gasteiger charge is 2.11. The molecule has 2 heterocycles. The van der Waals surface area contributed by atoms with Crippen molar-refractivity contribution in [1.29, 1.82) is 5.26 Å². The van der Waals surface area contributed by atoms with Gasteiger partial charge < -0.3 is 20.3 Å². The van der Waals surface area contributed by atoms with E-state index in [2.05, 4.69) is 32.3 Å². The monoisotopic (exact) mass is 416 g/mol. The third-order valence-corrected chi connectivity index (χ3v) is 4.83. The van der Waals surface area contributed by atoms with Crippen LogP contribution in [0.5, 0.6) is 0 Å². The second kappa shape index (κ2) is 9.69. The normalized spacial score (nSPS) is 14.7. The van der Waals surface area contributed by atoms with Crippen molar-refractivity contribution in [2.45, 2.75) is 0 Å². The predicted molar refractivity (Wildman–Crippen MR) is 118 cm³/mol. The van der Waals surface area contributed by atoms with Crippen molar-refractivity contribution >= 4 is 23.2 Å². The lowest BCUT2D eigenvalue weighted by atomic mass is 10.1. The van der Waals surface area contributed by atoms with Gasteiger partial charge in [0, 0.05) is 41.8 Å². The average Bonchev–Trinajstić information content (AvgIpc) is 2.85. The third kappa shape index (κ3) is 5.15. The molecule has 0 saturated carbocycles. The Hall–Kier alpha value is -3.96. The standard InChI is InChI=1S/C23H22N6O2/c24-10-12-25-22(30)18-3-1-17(2-4-18)21-9-11-26-23(28-21)27-19-5-7-20(8-6-19)29-13-15-31-16-14-29/h1-9,11H,12-16H2,(H,25,30)(H,26,27,28)/i12D2. The molecule has 1 fully saturated rings. The smallest absolute Gasteiger partial charge is 0.252 e. The maximum absolute atomic E-state index is 12.1. The Morgan fingerprint density at radius 2 is 1.87 bits per heavy atom. The Kier molecular flexibility index (Phi) is 5.59. The third-order valence-electron chi connectivity index (χ3n) is 4.83. The molecule has 0 atom stereocenters. The highest BCUT2D eigenvalue weighted by atomic mass is 16.5. The van der Waals surface area contributed by atoms with Gasteiger partial charge in [-0.2, -0.15) is 5.26 Å². The fourth-order valence-corrected chi connectivity index (χ4v) is 3.24. The van der Waals surface area contributed by atoms with E-state index in [-0.39, 0.29) is 5.56 Å². The number of benzene rings is 2. The number of carbonyl (C=O) groups is 1. The summed E-state index contributed by atoms with van der Waals surface area (Å²) in [5.41, 5.74) is 3.68.